The largest absolute Gasteiger partial charge is 0.462 e. The summed E-state index contributed by atoms with van der Waals surface area (Å²) in [6, 6.07) is 0. The first-order valence-electron chi connectivity index (χ1n) is 27.1. The van der Waals surface area contributed by atoms with E-state index in [-0.39, 0.29) is 44.0 Å². The van der Waals surface area contributed by atoms with Crippen LogP contribution in [-0.2, 0) is 28.6 Å². The van der Waals surface area contributed by atoms with Crippen molar-refractivity contribution < 1.29 is 28.6 Å². The van der Waals surface area contributed by atoms with E-state index in [1.165, 1.54) is 122 Å². The van der Waals surface area contributed by atoms with Crippen molar-refractivity contribution in [1.29, 1.82) is 0 Å². The van der Waals surface area contributed by atoms with Gasteiger partial charge in [-0.3, -0.25) is 14.4 Å². The Morgan fingerprint density at radius 1 is 0.328 bits per heavy atom. The Balaban J connectivity index is 4.54. The molecular formula is C61H98O6. The Morgan fingerprint density at radius 2 is 0.657 bits per heavy atom. The van der Waals surface area contributed by atoms with Gasteiger partial charge in [-0.05, 0) is 89.9 Å². The van der Waals surface area contributed by atoms with Gasteiger partial charge in [-0.2, -0.15) is 0 Å². The van der Waals surface area contributed by atoms with Gasteiger partial charge in [-0.15, -0.1) is 0 Å². The molecule has 0 aromatic rings. The first kappa shape index (κ1) is 62.8. The number of allylic oxidation sites excluding steroid dienone is 20. The fourth-order valence-electron chi connectivity index (χ4n) is 7.01. The number of hydrogen-bond donors (Lipinski definition) is 0. The second-order valence-electron chi connectivity index (χ2n) is 17.5. The first-order valence-corrected chi connectivity index (χ1v) is 27.1. The topological polar surface area (TPSA) is 78.9 Å². The second-order valence-corrected chi connectivity index (χ2v) is 17.5. The van der Waals surface area contributed by atoms with Crippen LogP contribution in [0.2, 0.25) is 0 Å². The average molecular weight is 927 g/mol. The molecule has 1 unspecified atom stereocenters. The molecule has 0 amide bonds. The predicted molar refractivity (Wildman–Crippen MR) is 288 cm³/mol. The molecule has 0 aromatic carbocycles. The van der Waals surface area contributed by atoms with Gasteiger partial charge in [0.05, 0.1) is 0 Å². The lowest BCUT2D eigenvalue weighted by atomic mass is 10.1. The fourth-order valence-corrected chi connectivity index (χ4v) is 7.01. The molecule has 378 valence electrons. The maximum Gasteiger partial charge on any atom is 0.306 e. The van der Waals surface area contributed by atoms with Gasteiger partial charge in [-0.1, -0.05) is 239 Å². The van der Waals surface area contributed by atoms with E-state index in [4.69, 9.17) is 14.2 Å². The van der Waals surface area contributed by atoms with Gasteiger partial charge in [0.25, 0.3) is 0 Å². The summed E-state index contributed by atoms with van der Waals surface area (Å²) in [5, 5.41) is 0. The number of rotatable bonds is 47. The first-order chi connectivity index (χ1) is 33.0. The lowest BCUT2D eigenvalue weighted by molar-refractivity contribution is -0.167. The zero-order chi connectivity index (χ0) is 48.6. The van der Waals surface area contributed by atoms with Crippen LogP contribution >= 0.6 is 0 Å². The zero-order valence-electron chi connectivity index (χ0n) is 43.1. The molecule has 0 aromatic heterocycles. The van der Waals surface area contributed by atoms with Crippen LogP contribution in [0.15, 0.2) is 122 Å². The van der Waals surface area contributed by atoms with E-state index in [2.05, 4.69) is 87.6 Å². The minimum atomic E-state index is -0.838. The second kappa shape index (κ2) is 54.4. The monoisotopic (exact) mass is 927 g/mol. The fraction of sp³-hybridized carbons (Fsp3) is 0.623. The average Bonchev–Trinajstić information content (AvgIpc) is 3.33. The highest BCUT2D eigenvalue weighted by atomic mass is 16.6. The quantitative estimate of drug-likeness (QED) is 0.0199. The molecule has 0 aliphatic carbocycles. The maximum atomic E-state index is 12.8. The number of esters is 3. The molecule has 0 N–H and O–H groups in total. The highest BCUT2D eigenvalue weighted by Crippen LogP contribution is 2.14. The Hall–Kier alpha value is -4.19. The van der Waals surface area contributed by atoms with Crippen LogP contribution in [-0.4, -0.2) is 37.2 Å². The van der Waals surface area contributed by atoms with Crippen molar-refractivity contribution in [2.24, 2.45) is 0 Å². The van der Waals surface area contributed by atoms with Gasteiger partial charge in [0, 0.05) is 19.3 Å². The molecule has 0 spiro atoms. The summed E-state index contributed by atoms with van der Waals surface area (Å²) in [5.74, 6) is -1.06. The van der Waals surface area contributed by atoms with Crippen molar-refractivity contribution in [1.82, 2.24) is 0 Å². The third kappa shape index (κ3) is 52.6. The number of ether oxygens (including phenoxy) is 3. The molecule has 6 heteroatoms. The SMILES string of the molecule is CC/C=C/C=C/C=C/C=C/C=C/CCCC(=O)OCC(COC(=O)CCCCCCCCCCCC/C=C/C=C/CCCCC)OC(=O)CCC/C=C/C/C=C/C/C=C/CCCCCCCC. The third-order valence-electron chi connectivity index (χ3n) is 11.1. The van der Waals surface area contributed by atoms with Crippen LogP contribution in [0.1, 0.15) is 226 Å². The summed E-state index contributed by atoms with van der Waals surface area (Å²) in [5.41, 5.74) is 0. The number of hydrogen-bond acceptors (Lipinski definition) is 6. The number of carbonyl (C=O) groups is 3. The van der Waals surface area contributed by atoms with Crippen LogP contribution in [0, 0.1) is 0 Å². The summed E-state index contributed by atoms with van der Waals surface area (Å²) >= 11 is 0. The van der Waals surface area contributed by atoms with E-state index in [1.807, 2.05) is 54.7 Å². The van der Waals surface area contributed by atoms with E-state index in [0.717, 1.165) is 51.4 Å². The van der Waals surface area contributed by atoms with Gasteiger partial charge >= 0.3 is 17.9 Å². The van der Waals surface area contributed by atoms with Crippen LogP contribution in [0.3, 0.4) is 0 Å². The van der Waals surface area contributed by atoms with Crippen LogP contribution < -0.4 is 0 Å². The predicted octanol–water partition coefficient (Wildman–Crippen LogP) is 18.1. The van der Waals surface area contributed by atoms with E-state index in [0.29, 0.717) is 19.3 Å². The van der Waals surface area contributed by atoms with E-state index in [9.17, 15) is 14.4 Å². The summed E-state index contributed by atoms with van der Waals surface area (Å²) in [4.78, 5) is 38.0. The molecule has 0 radical (unpaired) electrons. The smallest absolute Gasteiger partial charge is 0.306 e. The van der Waals surface area contributed by atoms with Crippen molar-refractivity contribution in [3.05, 3.63) is 122 Å². The van der Waals surface area contributed by atoms with Gasteiger partial charge in [0.2, 0.25) is 0 Å². The van der Waals surface area contributed by atoms with Crippen molar-refractivity contribution in [2.75, 3.05) is 13.2 Å². The number of carbonyl (C=O) groups excluding carboxylic acids is 3. The molecule has 0 heterocycles. The molecule has 67 heavy (non-hydrogen) atoms. The van der Waals surface area contributed by atoms with Crippen molar-refractivity contribution in [3.63, 3.8) is 0 Å². The van der Waals surface area contributed by atoms with Crippen molar-refractivity contribution >= 4 is 17.9 Å². The molecule has 0 aliphatic rings. The van der Waals surface area contributed by atoms with Gasteiger partial charge in [-0.25, -0.2) is 0 Å². The zero-order valence-corrected chi connectivity index (χ0v) is 43.1. The Bertz CT molecular complexity index is 1440. The molecule has 0 rings (SSSR count). The van der Waals surface area contributed by atoms with E-state index < -0.39 is 6.10 Å². The number of unbranched alkanes of at least 4 members (excludes halogenated alkanes) is 21. The minimum absolute atomic E-state index is 0.125. The molecule has 0 saturated heterocycles. The molecule has 0 fully saturated rings. The molecular weight excluding hydrogens is 829 g/mol. The van der Waals surface area contributed by atoms with Crippen LogP contribution in [0.25, 0.3) is 0 Å². The van der Waals surface area contributed by atoms with Crippen LogP contribution in [0.5, 0.6) is 0 Å². The third-order valence-corrected chi connectivity index (χ3v) is 11.1. The Morgan fingerprint density at radius 3 is 1.16 bits per heavy atom. The van der Waals surface area contributed by atoms with Gasteiger partial charge < -0.3 is 14.2 Å². The molecule has 1 atom stereocenters. The van der Waals surface area contributed by atoms with E-state index >= 15 is 0 Å². The molecule has 0 bridgehead atoms. The molecule has 6 nitrogen and oxygen atoms in total. The summed E-state index contributed by atoms with van der Waals surface area (Å²) in [7, 11) is 0. The molecule has 0 saturated carbocycles. The van der Waals surface area contributed by atoms with Crippen molar-refractivity contribution in [2.45, 2.75) is 232 Å². The summed E-state index contributed by atoms with van der Waals surface area (Å²) < 4.78 is 16.7. The lowest BCUT2D eigenvalue weighted by Crippen LogP contribution is -2.30. The minimum Gasteiger partial charge on any atom is -0.462 e. The Labute approximate surface area is 412 Å². The lowest BCUT2D eigenvalue weighted by Gasteiger charge is -2.18. The summed E-state index contributed by atoms with van der Waals surface area (Å²) in [6.45, 7) is 6.34. The van der Waals surface area contributed by atoms with Crippen LogP contribution in [0.4, 0.5) is 0 Å². The highest BCUT2D eigenvalue weighted by Gasteiger charge is 2.19. The van der Waals surface area contributed by atoms with Gasteiger partial charge in [0.1, 0.15) is 13.2 Å². The maximum absolute atomic E-state index is 12.8. The summed E-state index contributed by atoms with van der Waals surface area (Å²) in [6.07, 6.45) is 74.9. The Kier molecular flexibility index (Phi) is 51.0. The van der Waals surface area contributed by atoms with Crippen molar-refractivity contribution in [3.8, 4) is 0 Å². The highest BCUT2D eigenvalue weighted by molar-refractivity contribution is 5.71. The van der Waals surface area contributed by atoms with E-state index in [1.54, 1.807) is 0 Å². The standard InChI is InChI=1S/C61H98O6/c1-4-7-10-13-16-19-22-25-27-29-30-32-33-36-39-42-45-48-51-54-60(63)66-57-58(56-65-59(62)53-50-47-44-41-38-35-24-21-18-15-12-9-6-3)67-61(64)55-52-49-46-43-40-37-34-31-28-26-23-20-17-14-11-8-5-2/h9,12,15-16,18-19,21-22,24-26,28,34-35,37-38,41,43-44,46,58H,4-8,10-11,13-14,17,20,23,27,29-33,36,39-40,42,45,47-57H2,1-3H3/b12-9+,18-15+,19-16+,24-21+,25-22+,28-26+,37-34+,38-35+,44-41+,46-43+. The molecule has 0 aliphatic heterocycles. The normalized spacial score (nSPS) is 13.1. The van der Waals surface area contributed by atoms with Gasteiger partial charge in [0.15, 0.2) is 6.10 Å².